The number of likely N-dealkylation sites (tertiary alicyclic amines) is 1. The predicted octanol–water partition coefficient (Wildman–Crippen LogP) is -0.395. The Morgan fingerprint density at radius 1 is 1.09 bits per heavy atom. The molecule has 126 valence electrons. The number of nitrogens with zero attached hydrogens (tertiary/aromatic N) is 1. The van der Waals surface area contributed by atoms with Crippen LogP contribution in [0.4, 0.5) is 0 Å². The largest absolute Gasteiger partial charge is 0.354 e. The van der Waals surface area contributed by atoms with Gasteiger partial charge in [-0.2, -0.15) is 0 Å². The fourth-order valence-corrected chi connectivity index (χ4v) is 2.26. The van der Waals surface area contributed by atoms with Crippen LogP contribution in [-0.4, -0.2) is 54.8 Å². The summed E-state index contributed by atoms with van der Waals surface area (Å²) in [4.78, 5) is 37.0. The predicted molar refractivity (Wildman–Crippen MR) is 83.9 cm³/mol. The quantitative estimate of drug-likeness (QED) is 0.595. The van der Waals surface area contributed by atoms with E-state index in [1.165, 1.54) is 6.42 Å². The first-order valence-electron chi connectivity index (χ1n) is 7.99. The number of nitrogens with two attached hydrogens (primary N) is 1. The van der Waals surface area contributed by atoms with Gasteiger partial charge in [0.1, 0.15) is 0 Å². The molecule has 0 aliphatic carbocycles. The van der Waals surface area contributed by atoms with Crippen molar-refractivity contribution in [2.45, 2.75) is 45.6 Å². The third-order valence-corrected chi connectivity index (χ3v) is 3.81. The Morgan fingerprint density at radius 2 is 1.73 bits per heavy atom. The summed E-state index contributed by atoms with van der Waals surface area (Å²) in [5.41, 5.74) is 5.67. The summed E-state index contributed by atoms with van der Waals surface area (Å²) in [6, 6.07) is -0.617. The first-order chi connectivity index (χ1) is 10.4. The molecule has 1 aliphatic heterocycles. The number of amides is 3. The molecule has 7 nitrogen and oxygen atoms in total. The minimum Gasteiger partial charge on any atom is -0.354 e. The van der Waals surface area contributed by atoms with Crippen molar-refractivity contribution < 1.29 is 14.4 Å². The van der Waals surface area contributed by atoms with E-state index in [9.17, 15) is 14.4 Å². The molecule has 1 heterocycles. The van der Waals surface area contributed by atoms with Crippen molar-refractivity contribution in [2.75, 3.05) is 26.2 Å². The summed E-state index contributed by atoms with van der Waals surface area (Å²) in [5.74, 6) is -0.554. The van der Waals surface area contributed by atoms with E-state index in [1.54, 1.807) is 0 Å². The molecule has 0 unspecified atom stereocenters. The Hall–Kier alpha value is -1.63. The molecule has 0 aromatic heterocycles. The van der Waals surface area contributed by atoms with Crippen LogP contribution in [0, 0.1) is 5.92 Å². The van der Waals surface area contributed by atoms with Gasteiger partial charge >= 0.3 is 0 Å². The Labute approximate surface area is 132 Å². The molecule has 0 aromatic rings. The molecule has 0 radical (unpaired) electrons. The molecular weight excluding hydrogens is 284 g/mol. The van der Waals surface area contributed by atoms with Crippen molar-refractivity contribution in [3.63, 3.8) is 0 Å². The second-order valence-corrected chi connectivity index (χ2v) is 6.03. The standard InChI is InChI=1S/C15H28N4O3/c1-11(2)14(16)15(22)18-10-12(20)17-7-6-13(21)19-8-4-3-5-9-19/h11,14H,3-10,16H2,1-2H3,(H,17,20)(H,18,22)/t14-/m0/s1. The van der Waals surface area contributed by atoms with E-state index >= 15 is 0 Å². The van der Waals surface area contributed by atoms with Gasteiger partial charge in [-0.1, -0.05) is 13.8 Å². The minimum atomic E-state index is -0.617. The van der Waals surface area contributed by atoms with Crippen LogP contribution in [0.5, 0.6) is 0 Å². The van der Waals surface area contributed by atoms with Gasteiger partial charge < -0.3 is 21.3 Å². The second kappa shape index (κ2) is 9.40. The molecule has 0 spiro atoms. The zero-order chi connectivity index (χ0) is 16.5. The molecule has 4 N–H and O–H groups in total. The highest BCUT2D eigenvalue weighted by Crippen LogP contribution is 2.09. The maximum absolute atomic E-state index is 11.9. The van der Waals surface area contributed by atoms with Crippen LogP contribution in [0.3, 0.4) is 0 Å². The van der Waals surface area contributed by atoms with Crippen LogP contribution >= 0.6 is 0 Å². The summed E-state index contributed by atoms with van der Waals surface area (Å²) in [6.45, 7) is 5.50. The lowest BCUT2D eigenvalue weighted by Crippen LogP contribution is -2.47. The van der Waals surface area contributed by atoms with E-state index in [4.69, 9.17) is 5.73 Å². The third-order valence-electron chi connectivity index (χ3n) is 3.81. The van der Waals surface area contributed by atoms with Crippen LogP contribution in [0.1, 0.15) is 39.5 Å². The third kappa shape index (κ3) is 6.43. The van der Waals surface area contributed by atoms with Crippen molar-refractivity contribution in [2.24, 2.45) is 11.7 Å². The Morgan fingerprint density at radius 3 is 2.32 bits per heavy atom. The average molecular weight is 312 g/mol. The number of rotatable bonds is 7. The second-order valence-electron chi connectivity index (χ2n) is 6.03. The van der Waals surface area contributed by atoms with Crippen molar-refractivity contribution in [3.05, 3.63) is 0 Å². The highest BCUT2D eigenvalue weighted by atomic mass is 16.2. The summed E-state index contributed by atoms with van der Waals surface area (Å²) < 4.78 is 0. The highest BCUT2D eigenvalue weighted by Gasteiger charge is 2.18. The fraction of sp³-hybridized carbons (Fsp3) is 0.800. The van der Waals surface area contributed by atoms with Crippen LogP contribution < -0.4 is 16.4 Å². The molecule has 22 heavy (non-hydrogen) atoms. The lowest BCUT2D eigenvalue weighted by molar-refractivity contribution is -0.132. The van der Waals surface area contributed by atoms with E-state index in [0.717, 1.165) is 25.9 Å². The normalized spacial score (nSPS) is 16.3. The van der Waals surface area contributed by atoms with Gasteiger partial charge in [-0.25, -0.2) is 0 Å². The lowest BCUT2D eigenvalue weighted by Gasteiger charge is -2.26. The van der Waals surface area contributed by atoms with Crippen LogP contribution in [-0.2, 0) is 14.4 Å². The van der Waals surface area contributed by atoms with Gasteiger partial charge in [0, 0.05) is 26.1 Å². The molecule has 0 bridgehead atoms. The van der Waals surface area contributed by atoms with Crippen molar-refractivity contribution in [1.82, 2.24) is 15.5 Å². The van der Waals surface area contributed by atoms with Gasteiger partial charge in [-0.05, 0) is 25.2 Å². The van der Waals surface area contributed by atoms with Gasteiger partial charge in [-0.15, -0.1) is 0 Å². The first-order valence-corrected chi connectivity index (χ1v) is 7.99. The van der Waals surface area contributed by atoms with E-state index < -0.39 is 6.04 Å². The molecule has 1 rings (SSSR count). The van der Waals surface area contributed by atoms with Crippen molar-refractivity contribution in [1.29, 1.82) is 0 Å². The number of carbonyl (C=O) groups is 3. The molecule has 1 saturated heterocycles. The van der Waals surface area contributed by atoms with Crippen molar-refractivity contribution >= 4 is 17.7 Å². The maximum Gasteiger partial charge on any atom is 0.239 e. The maximum atomic E-state index is 11.9. The monoisotopic (exact) mass is 312 g/mol. The number of nitrogens with one attached hydrogen (secondary N) is 2. The lowest BCUT2D eigenvalue weighted by atomic mass is 10.1. The van der Waals surface area contributed by atoms with Gasteiger partial charge in [0.25, 0.3) is 0 Å². The van der Waals surface area contributed by atoms with E-state index in [1.807, 2.05) is 18.7 Å². The molecule has 7 heteroatoms. The first kappa shape index (κ1) is 18.4. The van der Waals surface area contributed by atoms with Crippen LogP contribution in [0.2, 0.25) is 0 Å². The molecular formula is C15H28N4O3. The van der Waals surface area contributed by atoms with E-state index in [2.05, 4.69) is 10.6 Å². The minimum absolute atomic E-state index is 0.0187. The smallest absolute Gasteiger partial charge is 0.239 e. The topological polar surface area (TPSA) is 105 Å². The van der Waals surface area contributed by atoms with Gasteiger partial charge in [-0.3, -0.25) is 14.4 Å². The van der Waals surface area contributed by atoms with E-state index in [-0.39, 0.29) is 30.2 Å². The fourth-order valence-electron chi connectivity index (χ4n) is 2.26. The Bertz CT molecular complexity index is 392. The van der Waals surface area contributed by atoms with Gasteiger partial charge in [0.2, 0.25) is 17.7 Å². The van der Waals surface area contributed by atoms with E-state index in [0.29, 0.717) is 13.0 Å². The molecule has 1 atom stereocenters. The molecule has 1 aliphatic rings. The summed E-state index contributed by atoms with van der Waals surface area (Å²) in [6.07, 6.45) is 3.59. The molecule has 1 fully saturated rings. The molecule has 0 aromatic carbocycles. The zero-order valence-corrected chi connectivity index (χ0v) is 13.6. The summed E-state index contributed by atoms with van der Waals surface area (Å²) >= 11 is 0. The number of piperidine rings is 1. The SMILES string of the molecule is CC(C)[C@H](N)C(=O)NCC(=O)NCCC(=O)N1CCCCC1. The number of carbonyl (C=O) groups excluding carboxylic acids is 3. The van der Waals surface area contributed by atoms with Gasteiger partial charge in [0.05, 0.1) is 12.6 Å². The van der Waals surface area contributed by atoms with Crippen molar-refractivity contribution in [3.8, 4) is 0 Å². The summed E-state index contributed by atoms with van der Waals surface area (Å²) in [5, 5.41) is 5.13. The number of hydrogen-bond donors (Lipinski definition) is 3. The molecule has 3 amide bonds. The van der Waals surface area contributed by atoms with Crippen LogP contribution in [0.15, 0.2) is 0 Å². The average Bonchev–Trinajstić information content (AvgIpc) is 2.52. The van der Waals surface area contributed by atoms with Gasteiger partial charge in [0.15, 0.2) is 0 Å². The highest BCUT2D eigenvalue weighted by molar-refractivity contribution is 5.87. The zero-order valence-electron chi connectivity index (χ0n) is 13.6. The van der Waals surface area contributed by atoms with Crippen LogP contribution in [0.25, 0.3) is 0 Å². The Kier molecular flexibility index (Phi) is 7.87. The summed E-state index contributed by atoms with van der Waals surface area (Å²) in [7, 11) is 0. The molecule has 0 saturated carbocycles. The number of hydrogen-bond acceptors (Lipinski definition) is 4. The Balaban J connectivity index is 2.15.